The molecule has 0 spiro atoms. The number of carbonyl (C=O) groups is 1. The van der Waals surface area contributed by atoms with Crippen LogP contribution < -0.4 is 4.74 Å². The Morgan fingerprint density at radius 3 is 2.75 bits per heavy atom. The van der Waals surface area contributed by atoms with Crippen LogP contribution >= 0.6 is 0 Å². The van der Waals surface area contributed by atoms with E-state index in [0.717, 1.165) is 55.5 Å². The SMILES string of the molecule is Cc1cc(CN2CCN(C(=O)C3Cc4ccccc4O3)CC2)on1. The third-order valence-electron chi connectivity index (χ3n) is 4.66. The molecule has 6 heteroatoms. The number of benzene rings is 1. The number of piperazine rings is 1. The maximum atomic E-state index is 12.7. The molecule has 24 heavy (non-hydrogen) atoms. The number of amides is 1. The van der Waals surface area contributed by atoms with Crippen molar-refractivity contribution in [3.63, 3.8) is 0 Å². The number of fused-ring (bicyclic) bond motifs is 1. The lowest BCUT2D eigenvalue weighted by molar-refractivity contribution is -0.139. The van der Waals surface area contributed by atoms with Gasteiger partial charge in [-0.1, -0.05) is 23.4 Å². The zero-order chi connectivity index (χ0) is 16.5. The Bertz CT molecular complexity index is 710. The molecule has 1 saturated heterocycles. The summed E-state index contributed by atoms with van der Waals surface area (Å²) in [6.07, 6.45) is 0.304. The maximum Gasteiger partial charge on any atom is 0.264 e. The summed E-state index contributed by atoms with van der Waals surface area (Å²) in [5.74, 6) is 1.82. The fraction of sp³-hybridized carbons (Fsp3) is 0.444. The van der Waals surface area contributed by atoms with Crippen molar-refractivity contribution in [3.8, 4) is 5.75 Å². The molecule has 1 unspecified atom stereocenters. The summed E-state index contributed by atoms with van der Waals surface area (Å²) in [6, 6.07) is 9.84. The van der Waals surface area contributed by atoms with Crippen LogP contribution in [0.25, 0.3) is 0 Å². The highest BCUT2D eigenvalue weighted by Gasteiger charge is 2.33. The van der Waals surface area contributed by atoms with E-state index in [1.165, 1.54) is 0 Å². The van der Waals surface area contributed by atoms with E-state index in [1.807, 2.05) is 42.2 Å². The van der Waals surface area contributed by atoms with Crippen LogP contribution in [0.15, 0.2) is 34.9 Å². The van der Waals surface area contributed by atoms with E-state index in [0.29, 0.717) is 6.42 Å². The summed E-state index contributed by atoms with van der Waals surface area (Å²) in [6.45, 7) is 5.79. The molecule has 4 rings (SSSR count). The average molecular weight is 327 g/mol. The van der Waals surface area contributed by atoms with Crippen LogP contribution in [0.4, 0.5) is 0 Å². The van der Waals surface area contributed by atoms with E-state index in [-0.39, 0.29) is 12.0 Å². The van der Waals surface area contributed by atoms with Gasteiger partial charge in [-0.2, -0.15) is 0 Å². The fourth-order valence-corrected chi connectivity index (χ4v) is 3.36. The van der Waals surface area contributed by atoms with Crippen LogP contribution in [0.5, 0.6) is 5.75 Å². The molecule has 0 radical (unpaired) electrons. The zero-order valence-corrected chi connectivity index (χ0v) is 13.8. The second kappa shape index (κ2) is 6.28. The van der Waals surface area contributed by atoms with Gasteiger partial charge < -0.3 is 14.2 Å². The Balaban J connectivity index is 1.31. The van der Waals surface area contributed by atoms with E-state index in [1.54, 1.807) is 0 Å². The monoisotopic (exact) mass is 327 g/mol. The molecule has 1 atom stereocenters. The summed E-state index contributed by atoms with van der Waals surface area (Å²) in [4.78, 5) is 16.9. The predicted molar refractivity (Wildman–Crippen MR) is 87.7 cm³/mol. The van der Waals surface area contributed by atoms with Gasteiger partial charge in [-0.05, 0) is 18.6 Å². The number of nitrogens with zero attached hydrogens (tertiary/aromatic N) is 3. The zero-order valence-electron chi connectivity index (χ0n) is 13.8. The number of hydrogen-bond acceptors (Lipinski definition) is 5. The lowest BCUT2D eigenvalue weighted by Gasteiger charge is -2.35. The van der Waals surface area contributed by atoms with E-state index in [4.69, 9.17) is 9.26 Å². The lowest BCUT2D eigenvalue weighted by atomic mass is 10.1. The molecule has 0 aliphatic carbocycles. The van der Waals surface area contributed by atoms with Crippen LogP contribution in [0.1, 0.15) is 17.0 Å². The second-order valence-corrected chi connectivity index (χ2v) is 6.45. The first-order valence-electron chi connectivity index (χ1n) is 8.37. The molecule has 2 aromatic rings. The molecular weight excluding hydrogens is 306 g/mol. The van der Waals surface area contributed by atoms with Crippen molar-refractivity contribution in [3.05, 3.63) is 47.3 Å². The highest BCUT2D eigenvalue weighted by molar-refractivity contribution is 5.82. The van der Waals surface area contributed by atoms with E-state index in [2.05, 4.69) is 10.1 Å². The lowest BCUT2D eigenvalue weighted by Crippen LogP contribution is -2.51. The highest BCUT2D eigenvalue weighted by atomic mass is 16.5. The van der Waals surface area contributed by atoms with Crippen LogP contribution in [0.2, 0.25) is 0 Å². The first kappa shape index (κ1) is 15.2. The number of hydrogen-bond donors (Lipinski definition) is 0. The minimum Gasteiger partial charge on any atom is -0.480 e. The molecule has 3 heterocycles. The summed E-state index contributed by atoms with van der Waals surface area (Å²) >= 11 is 0. The van der Waals surface area contributed by atoms with E-state index in [9.17, 15) is 4.79 Å². The van der Waals surface area contributed by atoms with Gasteiger partial charge in [0.15, 0.2) is 11.9 Å². The van der Waals surface area contributed by atoms with Crippen molar-refractivity contribution in [2.24, 2.45) is 0 Å². The predicted octanol–water partition coefficient (Wildman–Crippen LogP) is 1.63. The largest absolute Gasteiger partial charge is 0.480 e. The van der Waals surface area contributed by atoms with Crippen LogP contribution in [-0.4, -0.2) is 53.1 Å². The van der Waals surface area contributed by atoms with Crippen molar-refractivity contribution < 1.29 is 14.1 Å². The number of carbonyl (C=O) groups excluding carboxylic acids is 1. The van der Waals surface area contributed by atoms with Crippen molar-refractivity contribution in [2.45, 2.75) is 26.0 Å². The van der Waals surface area contributed by atoms with Gasteiger partial charge in [0.2, 0.25) is 0 Å². The van der Waals surface area contributed by atoms with Gasteiger partial charge in [0.25, 0.3) is 5.91 Å². The Kier molecular flexibility index (Phi) is 3.98. The van der Waals surface area contributed by atoms with Gasteiger partial charge in [0, 0.05) is 38.7 Å². The average Bonchev–Trinajstić information content (AvgIpc) is 3.21. The van der Waals surface area contributed by atoms with Crippen LogP contribution in [0.3, 0.4) is 0 Å². The molecule has 1 fully saturated rings. The van der Waals surface area contributed by atoms with Crippen molar-refractivity contribution in [2.75, 3.05) is 26.2 Å². The fourth-order valence-electron chi connectivity index (χ4n) is 3.36. The number of aryl methyl sites for hydroxylation is 1. The minimum absolute atomic E-state index is 0.0985. The third kappa shape index (κ3) is 3.01. The third-order valence-corrected chi connectivity index (χ3v) is 4.66. The number of ether oxygens (including phenoxy) is 1. The summed E-state index contributed by atoms with van der Waals surface area (Å²) in [5.41, 5.74) is 2.02. The molecule has 0 saturated carbocycles. The molecule has 126 valence electrons. The van der Waals surface area contributed by atoms with E-state index < -0.39 is 0 Å². The molecule has 1 aromatic heterocycles. The first-order chi connectivity index (χ1) is 11.7. The first-order valence-corrected chi connectivity index (χ1v) is 8.37. The van der Waals surface area contributed by atoms with Crippen molar-refractivity contribution >= 4 is 5.91 Å². The number of para-hydroxylation sites is 1. The van der Waals surface area contributed by atoms with Gasteiger partial charge in [-0.25, -0.2) is 0 Å². The Morgan fingerprint density at radius 1 is 1.25 bits per heavy atom. The van der Waals surface area contributed by atoms with Gasteiger partial charge in [-0.15, -0.1) is 0 Å². The quantitative estimate of drug-likeness (QED) is 0.857. The van der Waals surface area contributed by atoms with Gasteiger partial charge >= 0.3 is 0 Å². The van der Waals surface area contributed by atoms with Gasteiger partial charge in [0.1, 0.15) is 5.75 Å². The minimum atomic E-state index is -0.370. The Labute approximate surface area is 141 Å². The number of aromatic nitrogens is 1. The standard InChI is InChI=1S/C18H21N3O3/c1-13-10-15(24-19-13)12-20-6-8-21(9-7-20)18(22)17-11-14-4-2-3-5-16(14)23-17/h2-5,10,17H,6-9,11-12H2,1H3. The molecule has 2 aliphatic heterocycles. The van der Waals surface area contributed by atoms with Gasteiger partial charge in [0.05, 0.1) is 12.2 Å². The summed E-state index contributed by atoms with van der Waals surface area (Å²) < 4.78 is 11.1. The maximum absolute atomic E-state index is 12.7. The molecule has 6 nitrogen and oxygen atoms in total. The molecule has 1 aromatic carbocycles. The van der Waals surface area contributed by atoms with Crippen molar-refractivity contribution in [1.29, 1.82) is 0 Å². The molecule has 0 bridgehead atoms. The molecule has 0 N–H and O–H groups in total. The van der Waals surface area contributed by atoms with Crippen molar-refractivity contribution in [1.82, 2.24) is 15.0 Å². The topological polar surface area (TPSA) is 58.8 Å². The summed E-state index contributed by atoms with van der Waals surface area (Å²) in [5, 5.41) is 3.91. The van der Waals surface area contributed by atoms with Crippen LogP contribution in [0, 0.1) is 6.92 Å². The Hall–Kier alpha value is -2.34. The summed E-state index contributed by atoms with van der Waals surface area (Å²) in [7, 11) is 0. The Morgan fingerprint density at radius 2 is 2.04 bits per heavy atom. The normalized spacial score (nSPS) is 20.7. The smallest absolute Gasteiger partial charge is 0.264 e. The van der Waals surface area contributed by atoms with E-state index >= 15 is 0 Å². The molecular formula is C18H21N3O3. The molecule has 1 amide bonds. The highest BCUT2D eigenvalue weighted by Crippen LogP contribution is 2.29. The van der Waals surface area contributed by atoms with Gasteiger partial charge in [-0.3, -0.25) is 9.69 Å². The molecule has 2 aliphatic rings. The number of rotatable bonds is 3. The second-order valence-electron chi connectivity index (χ2n) is 6.45. The van der Waals surface area contributed by atoms with Crippen LogP contribution in [-0.2, 0) is 17.8 Å².